The molecule has 1 aromatic rings. The molecule has 0 atom stereocenters. The van der Waals surface area contributed by atoms with Crippen LogP contribution in [0.25, 0.3) is 0 Å². The molecular weight excluding hydrogens is 138 g/mol. The van der Waals surface area contributed by atoms with E-state index in [0.29, 0.717) is 0 Å². The van der Waals surface area contributed by atoms with Crippen molar-refractivity contribution in [2.45, 2.75) is 12.8 Å². The number of nitrogens with zero attached hydrogens (tertiary/aromatic N) is 3. The maximum atomic E-state index is 4.37. The Morgan fingerprint density at radius 2 is 2.45 bits per heavy atom. The minimum Gasteiger partial charge on any atom is -0.333 e. The van der Waals surface area contributed by atoms with Gasteiger partial charge in [0.2, 0.25) is 0 Å². The highest BCUT2D eigenvalue weighted by molar-refractivity contribution is 5.98. The molecule has 0 amide bonds. The molecule has 58 valence electrons. The van der Waals surface area contributed by atoms with Crippen molar-refractivity contribution in [1.29, 1.82) is 0 Å². The van der Waals surface area contributed by atoms with Gasteiger partial charge in [0.05, 0.1) is 5.71 Å². The number of rotatable bonds is 1. The van der Waals surface area contributed by atoms with Crippen molar-refractivity contribution >= 4 is 5.71 Å². The highest BCUT2D eigenvalue weighted by Crippen LogP contribution is 2.10. The van der Waals surface area contributed by atoms with E-state index in [0.717, 1.165) is 24.5 Å². The summed E-state index contributed by atoms with van der Waals surface area (Å²) in [5.74, 6) is 1.03. The molecule has 0 spiro atoms. The van der Waals surface area contributed by atoms with Crippen molar-refractivity contribution in [2.24, 2.45) is 12.0 Å². The van der Waals surface area contributed by atoms with Gasteiger partial charge >= 0.3 is 0 Å². The lowest BCUT2D eigenvalue weighted by Crippen LogP contribution is -2.04. The second-order valence-corrected chi connectivity index (χ2v) is 2.79. The molecule has 0 saturated heterocycles. The van der Waals surface area contributed by atoms with Gasteiger partial charge in [-0.05, 0) is 12.8 Å². The molecule has 1 aliphatic heterocycles. The molecule has 2 heterocycles. The smallest absolute Gasteiger partial charge is 0.153 e. The molecule has 11 heavy (non-hydrogen) atoms. The first-order chi connectivity index (χ1) is 5.38. The summed E-state index contributed by atoms with van der Waals surface area (Å²) in [5, 5.41) is 0. The Morgan fingerprint density at radius 3 is 3.00 bits per heavy atom. The first-order valence-electron chi connectivity index (χ1n) is 3.89. The van der Waals surface area contributed by atoms with E-state index < -0.39 is 0 Å². The van der Waals surface area contributed by atoms with Gasteiger partial charge in [-0.2, -0.15) is 0 Å². The van der Waals surface area contributed by atoms with E-state index in [1.165, 1.54) is 6.42 Å². The minimum atomic E-state index is 0.974. The number of aromatic nitrogens is 2. The summed E-state index contributed by atoms with van der Waals surface area (Å²) in [7, 11) is 2.00. The van der Waals surface area contributed by atoms with Crippen molar-refractivity contribution in [2.75, 3.05) is 6.54 Å². The Kier molecular flexibility index (Phi) is 1.49. The second kappa shape index (κ2) is 2.49. The van der Waals surface area contributed by atoms with Crippen LogP contribution in [-0.4, -0.2) is 21.8 Å². The van der Waals surface area contributed by atoms with Crippen LogP contribution in [-0.2, 0) is 7.05 Å². The van der Waals surface area contributed by atoms with Gasteiger partial charge in [0, 0.05) is 26.0 Å². The monoisotopic (exact) mass is 149 g/mol. The quantitative estimate of drug-likeness (QED) is 0.586. The number of aliphatic imine (C=N–C) groups is 1. The number of imidazole rings is 1. The lowest BCUT2D eigenvalue weighted by atomic mass is 10.2. The molecule has 1 aliphatic rings. The summed E-state index contributed by atoms with van der Waals surface area (Å²) in [6.07, 6.45) is 6.04. The minimum absolute atomic E-state index is 0.974. The van der Waals surface area contributed by atoms with E-state index >= 15 is 0 Å². The Labute approximate surface area is 65.8 Å². The van der Waals surface area contributed by atoms with Crippen LogP contribution in [0.4, 0.5) is 0 Å². The van der Waals surface area contributed by atoms with E-state index in [4.69, 9.17) is 0 Å². The molecule has 3 nitrogen and oxygen atoms in total. The molecule has 0 aliphatic carbocycles. The topological polar surface area (TPSA) is 30.2 Å². The maximum absolute atomic E-state index is 4.37. The van der Waals surface area contributed by atoms with Gasteiger partial charge in [-0.1, -0.05) is 0 Å². The number of hydrogen-bond donors (Lipinski definition) is 0. The highest BCUT2D eigenvalue weighted by atomic mass is 15.1. The van der Waals surface area contributed by atoms with Gasteiger partial charge in [-0.3, -0.25) is 4.99 Å². The Hall–Kier alpha value is -1.12. The average Bonchev–Trinajstić information content (AvgIpc) is 2.55. The molecule has 3 heteroatoms. The highest BCUT2D eigenvalue weighted by Gasteiger charge is 2.11. The zero-order chi connectivity index (χ0) is 7.68. The molecule has 0 N–H and O–H groups in total. The maximum Gasteiger partial charge on any atom is 0.153 e. The van der Waals surface area contributed by atoms with E-state index in [1.54, 1.807) is 0 Å². The molecule has 2 rings (SSSR count). The van der Waals surface area contributed by atoms with Crippen LogP contribution < -0.4 is 0 Å². The third kappa shape index (κ3) is 1.06. The number of aryl methyl sites for hydroxylation is 1. The number of hydrogen-bond acceptors (Lipinski definition) is 2. The molecule has 0 saturated carbocycles. The predicted molar refractivity (Wildman–Crippen MR) is 43.8 cm³/mol. The summed E-state index contributed by atoms with van der Waals surface area (Å²) in [5.41, 5.74) is 1.16. The Bertz CT molecular complexity index is 285. The summed E-state index contributed by atoms with van der Waals surface area (Å²) in [6.45, 7) is 0.974. The summed E-state index contributed by atoms with van der Waals surface area (Å²) in [6, 6.07) is 0. The Morgan fingerprint density at radius 1 is 1.55 bits per heavy atom. The van der Waals surface area contributed by atoms with Gasteiger partial charge < -0.3 is 4.57 Å². The van der Waals surface area contributed by atoms with E-state index in [2.05, 4.69) is 9.98 Å². The van der Waals surface area contributed by atoms with Crippen molar-refractivity contribution in [3.8, 4) is 0 Å². The lowest BCUT2D eigenvalue weighted by Gasteiger charge is -1.98. The fourth-order valence-corrected chi connectivity index (χ4v) is 1.37. The van der Waals surface area contributed by atoms with Crippen LogP contribution in [0.5, 0.6) is 0 Å². The normalized spacial score (nSPS) is 17.0. The van der Waals surface area contributed by atoms with Gasteiger partial charge in [-0.25, -0.2) is 4.98 Å². The van der Waals surface area contributed by atoms with Crippen LogP contribution >= 0.6 is 0 Å². The lowest BCUT2D eigenvalue weighted by molar-refractivity contribution is 0.890. The van der Waals surface area contributed by atoms with Gasteiger partial charge in [0.15, 0.2) is 5.82 Å². The van der Waals surface area contributed by atoms with Crippen LogP contribution in [0.1, 0.15) is 18.7 Å². The fourth-order valence-electron chi connectivity index (χ4n) is 1.37. The third-order valence-corrected chi connectivity index (χ3v) is 1.95. The van der Waals surface area contributed by atoms with Crippen molar-refractivity contribution in [3.05, 3.63) is 18.2 Å². The first-order valence-corrected chi connectivity index (χ1v) is 3.89. The van der Waals surface area contributed by atoms with E-state index in [9.17, 15) is 0 Å². The predicted octanol–water partition coefficient (Wildman–Crippen LogP) is 1.00. The van der Waals surface area contributed by atoms with Crippen LogP contribution in [0.3, 0.4) is 0 Å². The first kappa shape index (κ1) is 6.58. The molecule has 0 unspecified atom stereocenters. The van der Waals surface area contributed by atoms with Gasteiger partial charge in [0.1, 0.15) is 0 Å². The van der Waals surface area contributed by atoms with Gasteiger partial charge in [-0.15, -0.1) is 0 Å². The molecular formula is C8H11N3. The van der Waals surface area contributed by atoms with Crippen molar-refractivity contribution in [3.63, 3.8) is 0 Å². The second-order valence-electron chi connectivity index (χ2n) is 2.79. The van der Waals surface area contributed by atoms with Crippen LogP contribution in [0.2, 0.25) is 0 Å². The molecule has 0 bridgehead atoms. The van der Waals surface area contributed by atoms with Crippen molar-refractivity contribution in [1.82, 2.24) is 9.55 Å². The van der Waals surface area contributed by atoms with Crippen molar-refractivity contribution < 1.29 is 0 Å². The SMILES string of the molecule is Cn1ccnc1C1=NCCC1. The molecule has 0 aromatic carbocycles. The van der Waals surface area contributed by atoms with Gasteiger partial charge in [0.25, 0.3) is 0 Å². The zero-order valence-corrected chi connectivity index (χ0v) is 6.62. The average molecular weight is 149 g/mol. The van der Waals surface area contributed by atoms with Crippen LogP contribution in [0, 0.1) is 0 Å². The summed E-state index contributed by atoms with van der Waals surface area (Å²) < 4.78 is 2.02. The third-order valence-electron chi connectivity index (χ3n) is 1.95. The summed E-state index contributed by atoms with van der Waals surface area (Å²) >= 11 is 0. The zero-order valence-electron chi connectivity index (χ0n) is 6.62. The van der Waals surface area contributed by atoms with Crippen LogP contribution in [0.15, 0.2) is 17.4 Å². The molecule has 0 radical (unpaired) electrons. The largest absolute Gasteiger partial charge is 0.333 e. The standard InChI is InChI=1S/C8H11N3/c1-11-6-5-10-8(11)7-3-2-4-9-7/h5-6H,2-4H2,1H3. The summed E-state index contributed by atoms with van der Waals surface area (Å²) in [4.78, 5) is 8.60. The molecule has 0 fully saturated rings. The van der Waals surface area contributed by atoms with E-state index in [1.807, 2.05) is 24.0 Å². The Balaban J connectivity index is 2.35. The van der Waals surface area contributed by atoms with E-state index in [-0.39, 0.29) is 0 Å². The molecule has 1 aromatic heterocycles. The fraction of sp³-hybridized carbons (Fsp3) is 0.500.